The first kappa shape index (κ1) is 22.1. The summed E-state index contributed by atoms with van der Waals surface area (Å²) in [4.78, 5) is 25.6. The van der Waals surface area contributed by atoms with Gasteiger partial charge in [0.15, 0.2) is 0 Å². The normalized spacial score (nSPS) is 11.0. The van der Waals surface area contributed by atoms with Crippen LogP contribution >= 0.6 is 11.6 Å². The summed E-state index contributed by atoms with van der Waals surface area (Å²) in [7, 11) is 0. The first-order valence-electron chi connectivity index (χ1n) is 8.93. The van der Waals surface area contributed by atoms with E-state index in [1.54, 1.807) is 12.1 Å². The second kappa shape index (κ2) is 10.9. The van der Waals surface area contributed by atoms with Gasteiger partial charge in [-0.1, -0.05) is 11.6 Å². The zero-order chi connectivity index (χ0) is 19.6. The van der Waals surface area contributed by atoms with Crippen LogP contribution in [0.3, 0.4) is 0 Å². The lowest BCUT2D eigenvalue weighted by molar-refractivity contribution is -0.123. The van der Waals surface area contributed by atoms with Crippen molar-refractivity contribution >= 4 is 23.5 Å². The fourth-order valence-electron chi connectivity index (χ4n) is 2.21. The molecule has 7 heteroatoms. The topological polar surface area (TPSA) is 70.7 Å². The number of carbonyl (C=O) groups is 2. The summed E-state index contributed by atoms with van der Waals surface area (Å²) in [5, 5.41) is 6.38. The highest BCUT2D eigenvalue weighted by atomic mass is 35.5. The van der Waals surface area contributed by atoms with Crippen LogP contribution in [-0.2, 0) is 4.79 Å². The lowest BCUT2D eigenvalue weighted by Crippen LogP contribution is -2.49. The van der Waals surface area contributed by atoms with Crippen LogP contribution in [0.1, 0.15) is 40.5 Å². The maximum Gasteiger partial charge on any atom is 0.317 e. The van der Waals surface area contributed by atoms with Crippen LogP contribution in [0.15, 0.2) is 24.3 Å². The van der Waals surface area contributed by atoms with Crippen LogP contribution in [0, 0.1) is 0 Å². The van der Waals surface area contributed by atoms with Gasteiger partial charge in [0.05, 0.1) is 6.61 Å². The summed E-state index contributed by atoms with van der Waals surface area (Å²) < 4.78 is 5.60. The van der Waals surface area contributed by atoms with Crippen molar-refractivity contribution in [2.24, 2.45) is 0 Å². The first-order valence-corrected chi connectivity index (χ1v) is 9.31. The first-order chi connectivity index (χ1) is 12.2. The molecule has 6 nitrogen and oxygen atoms in total. The Balaban J connectivity index is 2.20. The van der Waals surface area contributed by atoms with Gasteiger partial charge in [0.25, 0.3) is 0 Å². The zero-order valence-corrected chi connectivity index (χ0v) is 16.9. The molecule has 0 unspecified atom stereocenters. The molecule has 0 fully saturated rings. The molecule has 26 heavy (non-hydrogen) atoms. The van der Waals surface area contributed by atoms with Gasteiger partial charge in [0, 0.05) is 23.7 Å². The molecule has 0 heterocycles. The van der Waals surface area contributed by atoms with Gasteiger partial charge in [-0.05, 0) is 64.8 Å². The highest BCUT2D eigenvalue weighted by molar-refractivity contribution is 6.30. The van der Waals surface area contributed by atoms with Crippen molar-refractivity contribution in [2.45, 2.75) is 46.1 Å². The standard InChI is InChI=1S/C19H30ClN3O3/c1-5-23(14-17(24)22-19(2,3)4)18(25)21-12-6-7-13-26-16-10-8-15(20)9-11-16/h8-11H,5-7,12-14H2,1-4H3,(H,21,25)(H,22,24). The van der Waals surface area contributed by atoms with E-state index in [0.29, 0.717) is 24.7 Å². The Kier molecular flexibility index (Phi) is 9.27. The van der Waals surface area contributed by atoms with Gasteiger partial charge in [-0.2, -0.15) is 0 Å². The third kappa shape index (κ3) is 9.51. The van der Waals surface area contributed by atoms with E-state index >= 15 is 0 Å². The fourth-order valence-corrected chi connectivity index (χ4v) is 2.34. The number of rotatable bonds is 9. The number of nitrogens with zero attached hydrogens (tertiary/aromatic N) is 1. The van der Waals surface area contributed by atoms with Crippen LogP contribution in [-0.4, -0.2) is 48.6 Å². The van der Waals surface area contributed by atoms with E-state index in [0.717, 1.165) is 18.6 Å². The molecule has 0 spiro atoms. The maximum absolute atomic E-state index is 12.2. The van der Waals surface area contributed by atoms with Gasteiger partial charge in [-0.25, -0.2) is 4.79 Å². The maximum atomic E-state index is 12.2. The van der Waals surface area contributed by atoms with E-state index in [9.17, 15) is 9.59 Å². The lowest BCUT2D eigenvalue weighted by atomic mass is 10.1. The Morgan fingerprint density at radius 2 is 1.81 bits per heavy atom. The van der Waals surface area contributed by atoms with E-state index < -0.39 is 0 Å². The van der Waals surface area contributed by atoms with Crippen LogP contribution in [0.5, 0.6) is 5.75 Å². The fraction of sp³-hybridized carbons (Fsp3) is 0.579. The molecule has 1 rings (SSSR count). The number of hydrogen-bond acceptors (Lipinski definition) is 3. The van der Waals surface area contributed by atoms with Crippen molar-refractivity contribution in [1.82, 2.24) is 15.5 Å². The number of hydrogen-bond donors (Lipinski definition) is 2. The molecule has 1 aromatic carbocycles. The Morgan fingerprint density at radius 3 is 2.38 bits per heavy atom. The third-order valence-electron chi connectivity index (χ3n) is 3.45. The molecule has 0 saturated carbocycles. The molecule has 2 N–H and O–H groups in total. The molecule has 0 saturated heterocycles. The van der Waals surface area contributed by atoms with Crippen LogP contribution < -0.4 is 15.4 Å². The molecule has 0 aromatic heterocycles. The third-order valence-corrected chi connectivity index (χ3v) is 3.70. The Morgan fingerprint density at radius 1 is 1.15 bits per heavy atom. The summed E-state index contributed by atoms with van der Waals surface area (Å²) in [5.74, 6) is 0.617. The minimum Gasteiger partial charge on any atom is -0.494 e. The van der Waals surface area contributed by atoms with Crippen molar-refractivity contribution in [3.05, 3.63) is 29.3 Å². The highest BCUT2D eigenvalue weighted by Gasteiger charge is 2.18. The molecule has 1 aromatic rings. The number of nitrogens with one attached hydrogen (secondary N) is 2. The number of benzene rings is 1. The number of halogens is 1. The molecule has 0 bridgehead atoms. The Bertz CT molecular complexity index is 570. The average Bonchev–Trinajstić information content (AvgIpc) is 2.55. The van der Waals surface area contributed by atoms with E-state index in [-0.39, 0.29) is 24.0 Å². The van der Waals surface area contributed by atoms with Crippen molar-refractivity contribution in [3.8, 4) is 5.75 Å². The van der Waals surface area contributed by atoms with E-state index in [4.69, 9.17) is 16.3 Å². The second-order valence-electron chi connectivity index (χ2n) is 7.05. The Labute approximate surface area is 161 Å². The van der Waals surface area contributed by atoms with E-state index in [1.165, 1.54) is 4.90 Å². The number of carbonyl (C=O) groups excluding carboxylic acids is 2. The molecule has 0 aliphatic heterocycles. The number of likely N-dealkylation sites (N-methyl/N-ethyl adjacent to an activating group) is 1. The van der Waals surface area contributed by atoms with Gasteiger partial charge in [-0.15, -0.1) is 0 Å². The Hall–Kier alpha value is -1.95. The van der Waals surface area contributed by atoms with Crippen molar-refractivity contribution < 1.29 is 14.3 Å². The van der Waals surface area contributed by atoms with Crippen LogP contribution in [0.4, 0.5) is 4.79 Å². The predicted octanol–water partition coefficient (Wildman–Crippen LogP) is 3.45. The SMILES string of the molecule is CCN(CC(=O)NC(C)(C)C)C(=O)NCCCCOc1ccc(Cl)cc1. The second-order valence-corrected chi connectivity index (χ2v) is 7.49. The molecule has 3 amide bonds. The summed E-state index contributed by atoms with van der Waals surface area (Å²) >= 11 is 5.82. The van der Waals surface area contributed by atoms with E-state index in [1.807, 2.05) is 39.8 Å². The summed E-state index contributed by atoms with van der Waals surface area (Å²) in [5.41, 5.74) is -0.308. The molecule has 0 radical (unpaired) electrons. The quantitative estimate of drug-likeness (QED) is 0.641. The van der Waals surface area contributed by atoms with Crippen molar-refractivity contribution in [3.63, 3.8) is 0 Å². The highest BCUT2D eigenvalue weighted by Crippen LogP contribution is 2.15. The van der Waals surface area contributed by atoms with Gasteiger partial charge in [-0.3, -0.25) is 4.79 Å². The van der Waals surface area contributed by atoms with Crippen molar-refractivity contribution in [2.75, 3.05) is 26.2 Å². The molecular weight excluding hydrogens is 354 g/mol. The van der Waals surface area contributed by atoms with Crippen LogP contribution in [0.2, 0.25) is 5.02 Å². The van der Waals surface area contributed by atoms with Gasteiger partial charge < -0.3 is 20.3 Å². The molecule has 0 aliphatic rings. The minimum absolute atomic E-state index is 0.0548. The molecule has 146 valence electrons. The molecule has 0 aliphatic carbocycles. The van der Waals surface area contributed by atoms with Gasteiger partial charge in [0.2, 0.25) is 5.91 Å². The number of urea groups is 1. The number of unbranched alkanes of at least 4 members (excludes halogenated alkanes) is 1. The largest absolute Gasteiger partial charge is 0.494 e. The predicted molar refractivity (Wildman–Crippen MR) is 105 cm³/mol. The minimum atomic E-state index is -0.308. The van der Waals surface area contributed by atoms with Crippen LogP contribution in [0.25, 0.3) is 0 Å². The average molecular weight is 384 g/mol. The summed E-state index contributed by atoms with van der Waals surface area (Å²) in [6.07, 6.45) is 1.62. The van der Waals surface area contributed by atoms with E-state index in [2.05, 4.69) is 10.6 Å². The molecular formula is C19H30ClN3O3. The van der Waals surface area contributed by atoms with Crippen molar-refractivity contribution in [1.29, 1.82) is 0 Å². The number of amides is 3. The smallest absolute Gasteiger partial charge is 0.317 e. The number of ether oxygens (including phenoxy) is 1. The zero-order valence-electron chi connectivity index (χ0n) is 16.1. The lowest BCUT2D eigenvalue weighted by Gasteiger charge is -2.25. The summed E-state index contributed by atoms with van der Waals surface area (Å²) in [6, 6.07) is 6.99. The molecule has 0 atom stereocenters. The summed E-state index contributed by atoms with van der Waals surface area (Å²) in [6.45, 7) is 9.23. The van der Waals surface area contributed by atoms with Gasteiger partial charge in [0.1, 0.15) is 12.3 Å². The monoisotopic (exact) mass is 383 g/mol. The van der Waals surface area contributed by atoms with Gasteiger partial charge >= 0.3 is 6.03 Å².